The minimum atomic E-state index is -3.54. The Bertz CT molecular complexity index is 813. The monoisotopic (exact) mass is 344 g/mol. The van der Waals surface area contributed by atoms with Crippen molar-refractivity contribution >= 4 is 31.2 Å². The molecule has 0 radical (unpaired) electrons. The fourth-order valence-corrected chi connectivity index (χ4v) is 4.65. The minimum Gasteiger partial charge on any atom is -0.378 e. The van der Waals surface area contributed by atoms with Gasteiger partial charge in [0, 0.05) is 37.2 Å². The van der Waals surface area contributed by atoms with Gasteiger partial charge in [0.05, 0.1) is 9.73 Å². The number of nitrogens with zero attached hydrogens (tertiary/aromatic N) is 2. The first kappa shape index (κ1) is 17.0. The number of benzene rings is 1. The van der Waals surface area contributed by atoms with Gasteiger partial charge in [-0.1, -0.05) is 0 Å². The highest BCUT2D eigenvalue weighted by Gasteiger charge is 2.59. The zero-order valence-electron chi connectivity index (χ0n) is 13.1. The summed E-state index contributed by atoms with van der Waals surface area (Å²) in [5.74, 6) is -0.792. The van der Waals surface area contributed by atoms with Crippen LogP contribution in [0.3, 0.4) is 0 Å². The molecule has 0 heterocycles. The van der Waals surface area contributed by atoms with Gasteiger partial charge in [-0.25, -0.2) is 12.6 Å². The van der Waals surface area contributed by atoms with Gasteiger partial charge in [0.1, 0.15) is 0 Å². The molecule has 1 aromatic rings. The van der Waals surface area contributed by atoms with E-state index in [1.54, 1.807) is 24.3 Å². The summed E-state index contributed by atoms with van der Waals surface area (Å²) < 4.78 is 38.4. The molecule has 1 fully saturated rings. The van der Waals surface area contributed by atoms with E-state index in [4.69, 9.17) is 0 Å². The quantitative estimate of drug-likeness (QED) is 0.822. The van der Waals surface area contributed by atoms with Crippen LogP contribution in [-0.2, 0) is 24.4 Å². The highest BCUT2D eigenvalue weighted by atomic mass is 32.2. The fourth-order valence-electron chi connectivity index (χ4n) is 2.15. The number of rotatable bonds is 4. The highest BCUT2D eigenvalue weighted by Crippen LogP contribution is 2.44. The maximum absolute atomic E-state index is 12.7. The van der Waals surface area contributed by atoms with Crippen molar-refractivity contribution in [1.29, 1.82) is 0 Å². The molecule has 1 aliphatic carbocycles. The van der Waals surface area contributed by atoms with E-state index in [1.165, 1.54) is 6.26 Å². The molecule has 1 atom stereocenters. The van der Waals surface area contributed by atoms with Gasteiger partial charge < -0.3 is 4.90 Å². The molecule has 22 heavy (non-hydrogen) atoms. The van der Waals surface area contributed by atoms with Crippen LogP contribution in [0.4, 0.5) is 5.69 Å². The van der Waals surface area contributed by atoms with Gasteiger partial charge in [0.2, 0.25) is 0 Å². The molecule has 1 saturated carbocycles. The van der Waals surface area contributed by atoms with Crippen LogP contribution < -0.4 is 4.90 Å². The summed E-state index contributed by atoms with van der Waals surface area (Å²) in [5, 5.41) is 0. The Labute approximate surface area is 131 Å². The number of carbonyl (C=O) groups excluding carboxylic acids is 1. The summed E-state index contributed by atoms with van der Waals surface area (Å²) in [6.45, 7) is 0. The zero-order chi connectivity index (χ0) is 16.8. The molecule has 1 aliphatic rings. The third kappa shape index (κ3) is 3.03. The van der Waals surface area contributed by atoms with E-state index < -0.39 is 30.2 Å². The van der Waals surface area contributed by atoms with Crippen molar-refractivity contribution in [3.8, 4) is 0 Å². The first-order valence-electron chi connectivity index (χ1n) is 6.73. The van der Waals surface area contributed by atoms with Crippen LogP contribution in [0.1, 0.15) is 12.8 Å². The normalized spacial score (nSPS) is 19.1. The van der Waals surface area contributed by atoms with Gasteiger partial charge >= 0.3 is 0 Å². The first-order chi connectivity index (χ1) is 9.99. The van der Waals surface area contributed by atoms with E-state index in [2.05, 4.69) is 4.36 Å². The van der Waals surface area contributed by atoms with Crippen LogP contribution in [0.25, 0.3) is 0 Å². The summed E-state index contributed by atoms with van der Waals surface area (Å²) in [7, 11) is -2.73. The first-order valence-corrected chi connectivity index (χ1v) is 10.5. The Morgan fingerprint density at radius 1 is 1.09 bits per heavy atom. The van der Waals surface area contributed by atoms with Crippen molar-refractivity contribution in [2.24, 2.45) is 4.36 Å². The largest absolute Gasteiger partial charge is 0.378 e. The summed E-state index contributed by atoms with van der Waals surface area (Å²) in [5.41, 5.74) is 0.931. The molecule has 0 saturated heterocycles. The van der Waals surface area contributed by atoms with Crippen molar-refractivity contribution in [3.05, 3.63) is 24.3 Å². The summed E-state index contributed by atoms with van der Waals surface area (Å²) in [6.07, 6.45) is 2.89. The van der Waals surface area contributed by atoms with Crippen LogP contribution >= 0.6 is 0 Å². The van der Waals surface area contributed by atoms with E-state index in [0.29, 0.717) is 4.90 Å². The van der Waals surface area contributed by atoms with E-state index in [-0.39, 0.29) is 12.8 Å². The molecule has 6 nitrogen and oxygen atoms in total. The van der Waals surface area contributed by atoms with Crippen molar-refractivity contribution in [1.82, 2.24) is 0 Å². The van der Waals surface area contributed by atoms with Gasteiger partial charge in [-0.3, -0.25) is 4.79 Å². The van der Waals surface area contributed by atoms with E-state index in [1.807, 2.05) is 19.0 Å². The third-order valence-corrected chi connectivity index (χ3v) is 7.51. The van der Waals surface area contributed by atoms with Gasteiger partial charge in [0.15, 0.2) is 14.6 Å². The van der Waals surface area contributed by atoms with E-state index in [9.17, 15) is 17.4 Å². The van der Waals surface area contributed by atoms with E-state index in [0.717, 1.165) is 11.9 Å². The van der Waals surface area contributed by atoms with Crippen LogP contribution in [-0.4, -0.2) is 49.9 Å². The standard InChI is InChI=1S/C14H20N2O4S2/c1-16(2)11-5-7-12(8-6-11)21(3,18)15-13(17)14(9-10-14)22(4,19)20/h5-8H,9-10H2,1-4H3/t21-/m0/s1. The molecule has 0 spiro atoms. The molecular weight excluding hydrogens is 324 g/mol. The summed E-state index contributed by atoms with van der Waals surface area (Å²) in [6, 6.07) is 6.85. The Kier molecular flexibility index (Phi) is 4.12. The molecule has 0 N–H and O–H groups in total. The third-order valence-electron chi connectivity index (χ3n) is 3.85. The number of amides is 1. The second kappa shape index (κ2) is 5.34. The topological polar surface area (TPSA) is 83.9 Å². The smallest absolute Gasteiger partial charge is 0.275 e. The minimum absolute atomic E-state index is 0.253. The second-order valence-electron chi connectivity index (χ2n) is 5.85. The molecule has 1 amide bonds. The molecule has 0 bridgehead atoms. The van der Waals surface area contributed by atoms with Gasteiger partial charge in [0.25, 0.3) is 5.91 Å². The van der Waals surface area contributed by atoms with Crippen LogP contribution in [0.5, 0.6) is 0 Å². The lowest BCUT2D eigenvalue weighted by molar-refractivity contribution is -0.117. The predicted octanol–water partition coefficient (Wildman–Crippen LogP) is 1.31. The van der Waals surface area contributed by atoms with Crippen LogP contribution in [0, 0.1) is 0 Å². The number of carbonyl (C=O) groups is 1. The molecule has 0 aliphatic heterocycles. The maximum Gasteiger partial charge on any atom is 0.275 e. The molecule has 1 aromatic carbocycles. The van der Waals surface area contributed by atoms with Crippen molar-refractivity contribution in [2.45, 2.75) is 22.5 Å². The van der Waals surface area contributed by atoms with Gasteiger partial charge in [-0.15, -0.1) is 0 Å². The number of anilines is 1. The van der Waals surface area contributed by atoms with Crippen molar-refractivity contribution < 1.29 is 17.4 Å². The van der Waals surface area contributed by atoms with Gasteiger partial charge in [-0.05, 0) is 37.1 Å². The Morgan fingerprint density at radius 3 is 1.95 bits per heavy atom. The number of sulfone groups is 1. The number of hydrogen-bond donors (Lipinski definition) is 0. The average Bonchev–Trinajstić information content (AvgIpc) is 3.19. The number of hydrogen-bond acceptors (Lipinski definition) is 5. The highest BCUT2D eigenvalue weighted by molar-refractivity contribution is 7.94. The molecule has 0 aromatic heterocycles. The SMILES string of the molecule is CN(C)c1ccc([S@](C)(=O)=NC(=O)C2(S(C)(=O)=O)CC2)cc1. The van der Waals surface area contributed by atoms with Crippen LogP contribution in [0.15, 0.2) is 33.5 Å². The lowest BCUT2D eigenvalue weighted by Gasteiger charge is -2.13. The molecule has 8 heteroatoms. The lowest BCUT2D eigenvalue weighted by Crippen LogP contribution is -2.31. The molecule has 2 rings (SSSR count). The van der Waals surface area contributed by atoms with Crippen molar-refractivity contribution in [3.63, 3.8) is 0 Å². The van der Waals surface area contributed by atoms with E-state index >= 15 is 0 Å². The predicted molar refractivity (Wildman–Crippen MR) is 87.3 cm³/mol. The summed E-state index contributed by atoms with van der Waals surface area (Å²) >= 11 is 0. The molecular formula is C14H20N2O4S2. The lowest BCUT2D eigenvalue weighted by atomic mass is 10.3. The average molecular weight is 344 g/mol. The zero-order valence-corrected chi connectivity index (χ0v) is 14.7. The maximum atomic E-state index is 12.7. The molecule has 122 valence electrons. The fraction of sp³-hybridized carbons (Fsp3) is 0.500. The van der Waals surface area contributed by atoms with Crippen molar-refractivity contribution in [2.75, 3.05) is 31.5 Å². The molecule has 0 unspecified atom stereocenters. The Morgan fingerprint density at radius 2 is 1.59 bits per heavy atom. The summed E-state index contributed by atoms with van der Waals surface area (Å²) in [4.78, 5) is 14.5. The van der Waals surface area contributed by atoms with Gasteiger partial charge in [-0.2, -0.15) is 4.36 Å². The Hall–Kier alpha value is -1.41. The van der Waals surface area contributed by atoms with Crippen LogP contribution in [0.2, 0.25) is 0 Å². The Balaban J connectivity index is 2.38. The second-order valence-corrected chi connectivity index (χ2v) is 10.4.